The van der Waals surface area contributed by atoms with Crippen LogP contribution in [0.1, 0.15) is 56.9 Å². The minimum absolute atomic E-state index is 0.110. The van der Waals surface area contributed by atoms with E-state index >= 15 is 0 Å². The summed E-state index contributed by atoms with van der Waals surface area (Å²) in [6, 6.07) is 12.0. The van der Waals surface area contributed by atoms with Gasteiger partial charge in [-0.3, -0.25) is 19.3 Å². The second-order valence-electron chi connectivity index (χ2n) is 10.4. The summed E-state index contributed by atoms with van der Waals surface area (Å²) in [7, 11) is 0. The van der Waals surface area contributed by atoms with Gasteiger partial charge in [-0.2, -0.15) is 0 Å². The van der Waals surface area contributed by atoms with E-state index < -0.39 is 17.1 Å². The third kappa shape index (κ3) is 4.98. The number of carbonyl (C=O) groups is 3. The van der Waals surface area contributed by atoms with Crippen LogP contribution in [0.4, 0.5) is 16.2 Å². The van der Waals surface area contributed by atoms with E-state index in [1.54, 1.807) is 12.1 Å². The van der Waals surface area contributed by atoms with E-state index in [0.717, 1.165) is 38.9 Å². The van der Waals surface area contributed by atoms with Gasteiger partial charge >= 0.3 is 0 Å². The minimum atomic E-state index is -0.446. The molecule has 1 saturated heterocycles. The van der Waals surface area contributed by atoms with Gasteiger partial charge in [0.2, 0.25) is 5.91 Å². The summed E-state index contributed by atoms with van der Waals surface area (Å²) < 4.78 is 0. The van der Waals surface area contributed by atoms with Crippen LogP contribution in [-0.2, 0) is 9.59 Å². The highest BCUT2D eigenvalue weighted by molar-refractivity contribution is 8.18. The highest BCUT2D eigenvalue weighted by Crippen LogP contribution is 2.42. The molecule has 0 radical (unpaired) electrons. The predicted molar refractivity (Wildman–Crippen MR) is 149 cm³/mol. The molecule has 0 atom stereocenters. The summed E-state index contributed by atoms with van der Waals surface area (Å²) in [4.78, 5) is 42.0. The van der Waals surface area contributed by atoms with Crippen LogP contribution in [0.5, 0.6) is 0 Å². The van der Waals surface area contributed by atoms with Crippen molar-refractivity contribution in [2.75, 3.05) is 16.8 Å². The molecule has 1 fully saturated rings. The van der Waals surface area contributed by atoms with Gasteiger partial charge < -0.3 is 10.2 Å². The molecule has 0 aromatic heterocycles. The molecular weight excluding hydrogens is 470 g/mol. The number of amides is 3. The number of thioether (sulfide) groups is 1. The molecule has 7 heteroatoms. The van der Waals surface area contributed by atoms with Crippen LogP contribution in [0, 0.1) is 13.8 Å². The number of hydrogen-bond donors (Lipinski definition) is 1. The zero-order valence-electron chi connectivity index (χ0n) is 21.9. The molecule has 0 spiro atoms. The van der Waals surface area contributed by atoms with Crippen LogP contribution in [0.15, 0.2) is 47.4 Å². The van der Waals surface area contributed by atoms with E-state index in [-0.39, 0.29) is 12.1 Å². The zero-order chi connectivity index (χ0) is 26.4. The molecule has 4 rings (SSSR count). The van der Waals surface area contributed by atoms with E-state index in [2.05, 4.69) is 63.0 Å². The molecule has 0 aliphatic carbocycles. The van der Waals surface area contributed by atoms with Crippen molar-refractivity contribution in [2.45, 2.75) is 60.0 Å². The number of imide groups is 1. The second-order valence-corrected chi connectivity index (χ2v) is 11.3. The van der Waals surface area contributed by atoms with E-state index in [9.17, 15) is 14.4 Å². The van der Waals surface area contributed by atoms with Gasteiger partial charge in [0.25, 0.3) is 11.1 Å². The van der Waals surface area contributed by atoms with Crippen LogP contribution in [0.3, 0.4) is 0 Å². The molecule has 2 aromatic carbocycles. The fourth-order valence-corrected chi connectivity index (χ4v) is 5.98. The minimum Gasteiger partial charge on any atom is -0.360 e. The number of allylic oxidation sites excluding steroid dienone is 1. The highest BCUT2D eigenvalue weighted by Gasteiger charge is 2.37. The normalized spacial score (nSPS) is 18.1. The summed E-state index contributed by atoms with van der Waals surface area (Å²) in [6.07, 6.45) is 4.04. The van der Waals surface area contributed by atoms with Crippen molar-refractivity contribution in [3.8, 4) is 0 Å². The maximum Gasteiger partial charge on any atom is 0.294 e. The molecule has 2 aliphatic heterocycles. The molecule has 36 heavy (non-hydrogen) atoms. The van der Waals surface area contributed by atoms with Gasteiger partial charge in [0.15, 0.2) is 0 Å². The van der Waals surface area contributed by atoms with E-state index in [4.69, 9.17) is 0 Å². The molecule has 0 bridgehead atoms. The number of anilines is 2. The number of nitrogens with one attached hydrogen (secondary N) is 1. The third-order valence-corrected chi connectivity index (χ3v) is 7.45. The topological polar surface area (TPSA) is 69.7 Å². The number of aryl methyl sites for hydroxylation is 2. The summed E-state index contributed by atoms with van der Waals surface area (Å²) in [6.45, 7) is 14.5. The van der Waals surface area contributed by atoms with Crippen molar-refractivity contribution in [1.29, 1.82) is 0 Å². The largest absolute Gasteiger partial charge is 0.360 e. The monoisotopic (exact) mass is 503 g/mol. The Labute approximate surface area is 217 Å². The van der Waals surface area contributed by atoms with Crippen molar-refractivity contribution in [3.63, 3.8) is 0 Å². The van der Waals surface area contributed by atoms with Crippen molar-refractivity contribution >= 4 is 51.8 Å². The maximum absolute atomic E-state index is 13.1. The van der Waals surface area contributed by atoms with Gasteiger partial charge in [-0.25, -0.2) is 0 Å². The molecule has 3 amide bonds. The van der Waals surface area contributed by atoms with Crippen LogP contribution in [-0.4, -0.2) is 40.1 Å². The molecule has 0 saturated carbocycles. The Morgan fingerprint density at radius 3 is 2.50 bits per heavy atom. The summed E-state index contributed by atoms with van der Waals surface area (Å²) >= 11 is 0.873. The molecular formula is C29H33N3O3S. The first kappa shape index (κ1) is 25.8. The first-order valence-corrected chi connectivity index (χ1v) is 12.9. The van der Waals surface area contributed by atoms with Crippen LogP contribution < -0.4 is 10.2 Å². The average Bonchev–Trinajstić information content (AvgIpc) is 3.01. The van der Waals surface area contributed by atoms with E-state index in [0.29, 0.717) is 16.6 Å². The van der Waals surface area contributed by atoms with Gasteiger partial charge in [0.1, 0.15) is 6.54 Å². The Balaban J connectivity index is 1.58. The van der Waals surface area contributed by atoms with Gasteiger partial charge in [0.05, 0.1) is 10.4 Å². The number of benzene rings is 2. The van der Waals surface area contributed by atoms with E-state index in [1.165, 1.54) is 11.3 Å². The lowest BCUT2D eigenvalue weighted by atomic mass is 9.86. The Morgan fingerprint density at radius 1 is 1.11 bits per heavy atom. The molecule has 6 nitrogen and oxygen atoms in total. The van der Waals surface area contributed by atoms with Gasteiger partial charge in [0, 0.05) is 23.0 Å². The second kappa shape index (κ2) is 9.62. The fourth-order valence-electron chi connectivity index (χ4n) is 5.16. The van der Waals surface area contributed by atoms with Crippen LogP contribution >= 0.6 is 11.8 Å². The lowest BCUT2D eigenvalue weighted by Crippen LogP contribution is -2.49. The molecule has 188 valence electrons. The standard InChI is InChI=1S/C29H33N3O3S/c1-17(2)32-24-12-19(4)21(13-23(24)20(5)15-29(32,6)7)14-25-27(34)31(28(35)36-25)16-26(33)30-22-10-8-9-18(3)11-22/h8-15,17H,16H2,1-7H3,(H,30,33)/b25-14-. The predicted octanol–water partition coefficient (Wildman–Crippen LogP) is 6.39. The number of hydrogen-bond acceptors (Lipinski definition) is 5. The Morgan fingerprint density at radius 2 is 1.83 bits per heavy atom. The van der Waals surface area contributed by atoms with Gasteiger partial charge in [-0.1, -0.05) is 18.2 Å². The molecule has 2 heterocycles. The maximum atomic E-state index is 13.1. The first-order chi connectivity index (χ1) is 16.9. The summed E-state index contributed by atoms with van der Waals surface area (Å²) in [5.41, 5.74) is 6.92. The lowest BCUT2D eigenvalue weighted by Gasteiger charge is -2.46. The molecule has 2 aromatic rings. The Bertz CT molecular complexity index is 1320. The van der Waals surface area contributed by atoms with Crippen molar-refractivity contribution in [1.82, 2.24) is 4.90 Å². The molecule has 0 unspecified atom stereocenters. The first-order valence-electron chi connectivity index (χ1n) is 12.1. The van der Waals surface area contributed by atoms with Crippen molar-refractivity contribution in [2.24, 2.45) is 0 Å². The SMILES string of the molecule is CC1=CC(C)(C)N(C(C)C)c2cc(C)c(/C=C3\SC(=O)N(CC(=O)Nc4cccc(C)c4)C3=O)cc21. The molecule has 2 aliphatic rings. The quantitative estimate of drug-likeness (QED) is 0.479. The smallest absolute Gasteiger partial charge is 0.294 e. The average molecular weight is 504 g/mol. The van der Waals surface area contributed by atoms with Crippen LogP contribution in [0.2, 0.25) is 0 Å². The number of carbonyl (C=O) groups excluding carboxylic acids is 3. The number of nitrogens with zero attached hydrogens (tertiary/aromatic N) is 2. The fraction of sp³-hybridized carbons (Fsp3) is 0.345. The zero-order valence-corrected chi connectivity index (χ0v) is 22.7. The Hall–Kier alpha value is -3.32. The highest BCUT2D eigenvalue weighted by atomic mass is 32.2. The lowest BCUT2D eigenvalue weighted by molar-refractivity contribution is -0.127. The van der Waals surface area contributed by atoms with Crippen LogP contribution in [0.25, 0.3) is 11.6 Å². The summed E-state index contributed by atoms with van der Waals surface area (Å²) in [5.74, 6) is -0.856. The number of rotatable bonds is 5. The van der Waals surface area contributed by atoms with Crippen molar-refractivity contribution in [3.05, 3.63) is 69.6 Å². The van der Waals surface area contributed by atoms with Crippen molar-refractivity contribution < 1.29 is 14.4 Å². The van der Waals surface area contributed by atoms with Gasteiger partial charge in [-0.05, 0) is 113 Å². The summed E-state index contributed by atoms with van der Waals surface area (Å²) in [5, 5.41) is 2.32. The van der Waals surface area contributed by atoms with E-state index in [1.807, 2.05) is 32.0 Å². The van der Waals surface area contributed by atoms with Gasteiger partial charge in [-0.15, -0.1) is 0 Å². The third-order valence-electron chi connectivity index (χ3n) is 6.54. The Kier molecular flexibility index (Phi) is 6.88. The number of fused-ring (bicyclic) bond motifs is 1. The molecule has 1 N–H and O–H groups in total.